The molecule has 106 valence electrons. The molecule has 2 heterocycles. The lowest BCUT2D eigenvalue weighted by molar-refractivity contribution is -0.115. The van der Waals surface area contributed by atoms with Crippen LogP contribution in [0.4, 0.5) is 0 Å². The second-order valence-electron chi connectivity index (χ2n) is 4.08. The minimum Gasteiger partial charge on any atom is -0.507 e. The zero-order valence-electron chi connectivity index (χ0n) is 10.5. The molecular formula is C14H9NO3S3. The molecule has 21 heavy (non-hydrogen) atoms. The summed E-state index contributed by atoms with van der Waals surface area (Å²) in [6.07, 6.45) is 1.65. The van der Waals surface area contributed by atoms with E-state index in [9.17, 15) is 9.90 Å². The van der Waals surface area contributed by atoms with Gasteiger partial charge in [-0.2, -0.15) is 0 Å². The highest BCUT2D eigenvalue weighted by Gasteiger charge is 2.22. The van der Waals surface area contributed by atoms with Crippen LogP contribution in [0.3, 0.4) is 0 Å². The molecule has 1 saturated heterocycles. The monoisotopic (exact) mass is 335 g/mol. The predicted octanol–water partition coefficient (Wildman–Crippen LogP) is 3.63. The van der Waals surface area contributed by atoms with Gasteiger partial charge >= 0.3 is 0 Å². The number of thiocarbonyl (C=S) groups is 1. The number of hydrogen-bond donors (Lipinski definition) is 2. The minimum absolute atomic E-state index is 0.204. The first-order valence-corrected chi connectivity index (χ1v) is 7.96. The van der Waals surface area contributed by atoms with E-state index in [1.807, 2.05) is 6.07 Å². The third-order valence-electron chi connectivity index (χ3n) is 2.59. The Morgan fingerprint density at radius 1 is 1.29 bits per heavy atom. The first kappa shape index (κ1) is 14.2. The van der Waals surface area contributed by atoms with Gasteiger partial charge in [0.25, 0.3) is 5.91 Å². The molecule has 0 bridgehead atoms. The Kier molecular flexibility index (Phi) is 4.05. The number of benzene rings is 1. The van der Waals surface area contributed by atoms with Crippen molar-refractivity contribution in [1.82, 2.24) is 5.32 Å². The van der Waals surface area contributed by atoms with Gasteiger partial charge in [-0.25, -0.2) is 0 Å². The van der Waals surface area contributed by atoms with Crippen LogP contribution in [0, 0.1) is 0 Å². The second kappa shape index (κ2) is 5.97. The highest BCUT2D eigenvalue weighted by atomic mass is 32.2. The Hall–Kier alpha value is -1.70. The maximum absolute atomic E-state index is 11.6. The van der Waals surface area contributed by atoms with Gasteiger partial charge in [0.15, 0.2) is 5.09 Å². The molecule has 3 rings (SSSR count). The molecule has 1 aromatic carbocycles. The zero-order valence-corrected chi connectivity index (χ0v) is 13.0. The van der Waals surface area contributed by atoms with E-state index in [-0.39, 0.29) is 11.7 Å². The molecule has 1 aromatic heterocycles. The summed E-state index contributed by atoms with van der Waals surface area (Å²) in [6.45, 7) is 0. The van der Waals surface area contributed by atoms with Gasteiger partial charge in [-0.3, -0.25) is 4.79 Å². The zero-order chi connectivity index (χ0) is 14.8. The molecule has 0 saturated carbocycles. The average molecular weight is 335 g/mol. The number of aromatic hydroxyl groups is 1. The van der Waals surface area contributed by atoms with Crippen LogP contribution >= 0.6 is 35.7 Å². The molecule has 0 atom stereocenters. The third kappa shape index (κ3) is 3.31. The van der Waals surface area contributed by atoms with Crippen LogP contribution in [-0.4, -0.2) is 15.3 Å². The molecule has 1 aliphatic heterocycles. The van der Waals surface area contributed by atoms with Gasteiger partial charge in [0.05, 0.1) is 9.80 Å². The van der Waals surface area contributed by atoms with E-state index in [1.165, 1.54) is 23.5 Å². The molecular weight excluding hydrogens is 326 g/mol. The summed E-state index contributed by atoms with van der Waals surface area (Å²) >= 11 is 7.45. The number of rotatable bonds is 3. The van der Waals surface area contributed by atoms with Gasteiger partial charge in [-0.05, 0) is 36.0 Å². The number of phenols is 1. The predicted molar refractivity (Wildman–Crippen MR) is 87.2 cm³/mol. The van der Waals surface area contributed by atoms with Gasteiger partial charge in [-0.1, -0.05) is 36.1 Å². The van der Waals surface area contributed by atoms with Crippen LogP contribution in [0.15, 0.2) is 55.7 Å². The summed E-state index contributed by atoms with van der Waals surface area (Å²) in [4.78, 5) is 12.8. The van der Waals surface area contributed by atoms with Crippen molar-refractivity contribution in [3.63, 3.8) is 0 Å². The molecule has 7 heteroatoms. The van der Waals surface area contributed by atoms with E-state index in [0.717, 1.165) is 0 Å². The van der Waals surface area contributed by atoms with Crippen molar-refractivity contribution < 1.29 is 14.3 Å². The highest BCUT2D eigenvalue weighted by Crippen LogP contribution is 2.35. The van der Waals surface area contributed by atoms with Crippen LogP contribution in [0.5, 0.6) is 5.75 Å². The highest BCUT2D eigenvalue weighted by molar-refractivity contribution is 8.26. The summed E-state index contributed by atoms with van der Waals surface area (Å²) in [5.41, 5.74) is 0. The lowest BCUT2D eigenvalue weighted by Crippen LogP contribution is -2.17. The fourth-order valence-electron chi connectivity index (χ4n) is 1.67. The van der Waals surface area contributed by atoms with Gasteiger partial charge in [0.1, 0.15) is 15.8 Å². The summed E-state index contributed by atoms with van der Waals surface area (Å²) in [6, 6.07) is 10.6. The van der Waals surface area contributed by atoms with E-state index in [1.54, 1.807) is 36.4 Å². The normalized spacial score (nSPS) is 16.5. The van der Waals surface area contributed by atoms with E-state index >= 15 is 0 Å². The SMILES string of the molecule is O=C1NC(=S)S/C1=C\c1ccc(Sc2ccccc2O)o1. The number of furan rings is 1. The molecule has 2 N–H and O–H groups in total. The van der Waals surface area contributed by atoms with Crippen LogP contribution < -0.4 is 5.32 Å². The minimum atomic E-state index is -0.212. The molecule has 1 amide bonds. The number of thioether (sulfide) groups is 1. The molecule has 1 fully saturated rings. The Morgan fingerprint density at radius 3 is 2.81 bits per heavy atom. The van der Waals surface area contributed by atoms with Crippen molar-refractivity contribution in [2.45, 2.75) is 9.99 Å². The van der Waals surface area contributed by atoms with Crippen molar-refractivity contribution in [3.8, 4) is 5.75 Å². The van der Waals surface area contributed by atoms with E-state index in [4.69, 9.17) is 16.6 Å². The van der Waals surface area contributed by atoms with Crippen molar-refractivity contribution >= 4 is 52.0 Å². The number of amides is 1. The standard InChI is InChI=1S/C14H9NO3S3/c16-9-3-1-2-4-10(9)20-12-6-5-8(18-12)7-11-13(17)15-14(19)21-11/h1-7,16H,(H,15,17,19)/b11-7-. The van der Waals surface area contributed by atoms with Gasteiger partial charge in [0, 0.05) is 6.08 Å². The summed E-state index contributed by atoms with van der Waals surface area (Å²) in [5.74, 6) is 0.557. The molecule has 4 nitrogen and oxygen atoms in total. The third-order valence-corrected chi connectivity index (χ3v) is 4.74. The van der Waals surface area contributed by atoms with Crippen molar-refractivity contribution in [3.05, 3.63) is 47.1 Å². The first-order valence-electron chi connectivity index (χ1n) is 5.92. The number of para-hydroxylation sites is 1. The molecule has 0 spiro atoms. The van der Waals surface area contributed by atoms with Crippen molar-refractivity contribution in [2.24, 2.45) is 0 Å². The topological polar surface area (TPSA) is 62.5 Å². The maximum atomic E-state index is 11.6. The number of carbonyl (C=O) groups excluding carboxylic acids is 1. The molecule has 0 unspecified atom stereocenters. The second-order valence-corrected chi connectivity index (χ2v) is 6.84. The Balaban J connectivity index is 1.78. The van der Waals surface area contributed by atoms with E-state index in [0.29, 0.717) is 25.0 Å². The Labute approximate surface area is 134 Å². The van der Waals surface area contributed by atoms with Gasteiger partial charge in [0.2, 0.25) is 0 Å². The summed E-state index contributed by atoms with van der Waals surface area (Å²) in [7, 11) is 0. The van der Waals surface area contributed by atoms with Gasteiger partial charge in [-0.15, -0.1) is 0 Å². The average Bonchev–Trinajstić information content (AvgIpc) is 3.00. The van der Waals surface area contributed by atoms with E-state index < -0.39 is 0 Å². The maximum Gasteiger partial charge on any atom is 0.263 e. The molecule has 2 aromatic rings. The first-order chi connectivity index (χ1) is 10.1. The molecule has 0 aliphatic carbocycles. The number of hydrogen-bond acceptors (Lipinski definition) is 6. The Bertz CT molecular complexity index is 751. The van der Waals surface area contributed by atoms with E-state index in [2.05, 4.69) is 5.32 Å². The molecule has 1 aliphatic rings. The molecule has 0 radical (unpaired) electrons. The summed E-state index contributed by atoms with van der Waals surface area (Å²) < 4.78 is 6.07. The van der Waals surface area contributed by atoms with Crippen LogP contribution in [0.25, 0.3) is 6.08 Å². The lowest BCUT2D eigenvalue weighted by atomic mass is 10.3. The van der Waals surface area contributed by atoms with Crippen molar-refractivity contribution in [2.75, 3.05) is 0 Å². The number of nitrogens with one attached hydrogen (secondary N) is 1. The van der Waals surface area contributed by atoms with Gasteiger partial charge < -0.3 is 14.8 Å². The van der Waals surface area contributed by atoms with Crippen LogP contribution in [0.1, 0.15) is 5.76 Å². The smallest absolute Gasteiger partial charge is 0.263 e. The number of phenolic OH excluding ortho intramolecular Hbond substituents is 1. The van der Waals surface area contributed by atoms with Crippen LogP contribution in [0.2, 0.25) is 0 Å². The largest absolute Gasteiger partial charge is 0.507 e. The number of carbonyl (C=O) groups is 1. The van der Waals surface area contributed by atoms with Crippen molar-refractivity contribution in [1.29, 1.82) is 0 Å². The van der Waals surface area contributed by atoms with Crippen LogP contribution in [-0.2, 0) is 4.79 Å². The quantitative estimate of drug-likeness (QED) is 0.660. The Morgan fingerprint density at radius 2 is 2.10 bits per heavy atom. The lowest BCUT2D eigenvalue weighted by Gasteiger charge is -2.00. The summed E-state index contributed by atoms with van der Waals surface area (Å²) in [5, 5.41) is 12.9. The fraction of sp³-hybridized carbons (Fsp3) is 0. The fourth-order valence-corrected chi connectivity index (χ4v) is 3.50.